The summed E-state index contributed by atoms with van der Waals surface area (Å²) < 4.78 is 0. The van der Waals surface area contributed by atoms with Gasteiger partial charge in [-0.25, -0.2) is 9.97 Å². The number of nitrogens with one attached hydrogen (secondary N) is 1. The molecule has 1 aromatic heterocycles. The van der Waals surface area contributed by atoms with E-state index in [1.165, 1.54) is 0 Å². The van der Waals surface area contributed by atoms with Crippen molar-refractivity contribution in [1.82, 2.24) is 14.9 Å². The maximum atomic E-state index is 12.0. The van der Waals surface area contributed by atoms with Gasteiger partial charge in [0.2, 0.25) is 0 Å². The van der Waals surface area contributed by atoms with Gasteiger partial charge in [0.1, 0.15) is 12.1 Å². The predicted molar refractivity (Wildman–Crippen MR) is 96.2 cm³/mol. The molecule has 1 N–H and O–H groups in total. The number of anilines is 1. The minimum absolute atomic E-state index is 0.0200. The van der Waals surface area contributed by atoms with Gasteiger partial charge in [0, 0.05) is 31.6 Å². The molecule has 0 unspecified atom stereocenters. The number of aromatic nitrogens is 2. The maximum Gasteiger partial charge on any atom is 0.253 e. The smallest absolute Gasteiger partial charge is 0.253 e. The van der Waals surface area contributed by atoms with Gasteiger partial charge in [-0.2, -0.15) is 0 Å². The third kappa shape index (κ3) is 3.51. The Morgan fingerprint density at radius 2 is 1.92 bits per heavy atom. The summed E-state index contributed by atoms with van der Waals surface area (Å²) in [6.45, 7) is 0.737. The Kier molecular flexibility index (Phi) is 4.70. The molecule has 0 aliphatic carbocycles. The first-order chi connectivity index (χ1) is 11.6. The van der Waals surface area contributed by atoms with Crippen LogP contribution in [0.2, 0.25) is 0 Å². The summed E-state index contributed by atoms with van der Waals surface area (Å²) in [5.74, 6) is 0.854. The topological polar surface area (TPSA) is 58.1 Å². The van der Waals surface area contributed by atoms with Crippen molar-refractivity contribution in [3.05, 3.63) is 66.0 Å². The third-order valence-corrected chi connectivity index (χ3v) is 3.83. The standard InChI is InChI=1S/C19H20N4O/c1-23(2)19(24)15-7-5-6-14(12-15)10-11-20-18-16-8-3-4-9-17(16)21-13-22-18/h3-9,12-13H,10-11H2,1-2H3,(H,20,21,22). The van der Waals surface area contributed by atoms with E-state index >= 15 is 0 Å². The zero-order valence-electron chi connectivity index (χ0n) is 13.9. The van der Waals surface area contributed by atoms with Crippen LogP contribution >= 0.6 is 0 Å². The van der Waals surface area contributed by atoms with Crippen molar-refractivity contribution in [2.45, 2.75) is 6.42 Å². The van der Waals surface area contributed by atoms with Crippen LogP contribution in [0.1, 0.15) is 15.9 Å². The number of rotatable bonds is 5. The largest absolute Gasteiger partial charge is 0.369 e. The molecule has 0 bridgehead atoms. The van der Waals surface area contributed by atoms with Crippen LogP contribution in [0.3, 0.4) is 0 Å². The van der Waals surface area contributed by atoms with Gasteiger partial charge in [-0.3, -0.25) is 4.79 Å². The van der Waals surface area contributed by atoms with Gasteiger partial charge in [-0.1, -0.05) is 24.3 Å². The molecule has 122 valence electrons. The first-order valence-electron chi connectivity index (χ1n) is 7.89. The lowest BCUT2D eigenvalue weighted by atomic mass is 10.1. The summed E-state index contributed by atoms with van der Waals surface area (Å²) in [6.07, 6.45) is 2.38. The van der Waals surface area contributed by atoms with E-state index in [0.717, 1.165) is 35.2 Å². The maximum absolute atomic E-state index is 12.0. The summed E-state index contributed by atoms with van der Waals surface area (Å²) in [5, 5.41) is 4.37. The second-order valence-corrected chi connectivity index (χ2v) is 5.82. The fourth-order valence-corrected chi connectivity index (χ4v) is 2.59. The summed E-state index contributed by atoms with van der Waals surface area (Å²) in [4.78, 5) is 22.2. The molecule has 5 nitrogen and oxygen atoms in total. The summed E-state index contributed by atoms with van der Waals surface area (Å²) in [6, 6.07) is 15.7. The van der Waals surface area contributed by atoms with Crippen molar-refractivity contribution in [3.63, 3.8) is 0 Å². The Morgan fingerprint density at radius 3 is 2.75 bits per heavy atom. The molecule has 0 radical (unpaired) electrons. The van der Waals surface area contributed by atoms with E-state index in [9.17, 15) is 4.79 Å². The Hall–Kier alpha value is -2.95. The number of benzene rings is 2. The molecule has 0 aliphatic rings. The molecule has 0 atom stereocenters. The molecule has 2 aromatic carbocycles. The van der Waals surface area contributed by atoms with E-state index in [-0.39, 0.29) is 5.91 Å². The Bertz CT molecular complexity index is 855. The number of fused-ring (bicyclic) bond motifs is 1. The second-order valence-electron chi connectivity index (χ2n) is 5.82. The molecule has 3 aromatic rings. The summed E-state index contributed by atoms with van der Waals surface area (Å²) in [7, 11) is 3.52. The van der Waals surface area contributed by atoms with E-state index in [1.54, 1.807) is 25.3 Å². The van der Waals surface area contributed by atoms with Crippen LogP contribution < -0.4 is 5.32 Å². The average Bonchev–Trinajstić information content (AvgIpc) is 2.61. The SMILES string of the molecule is CN(C)C(=O)c1cccc(CCNc2ncnc3ccccc23)c1. The Labute approximate surface area is 141 Å². The van der Waals surface area contributed by atoms with Crippen molar-refractivity contribution in [2.24, 2.45) is 0 Å². The lowest BCUT2D eigenvalue weighted by Crippen LogP contribution is -2.21. The fraction of sp³-hybridized carbons (Fsp3) is 0.211. The Balaban J connectivity index is 1.68. The predicted octanol–water partition coefficient (Wildman–Crippen LogP) is 2.99. The van der Waals surface area contributed by atoms with Gasteiger partial charge >= 0.3 is 0 Å². The highest BCUT2D eigenvalue weighted by Crippen LogP contribution is 2.18. The summed E-state index contributed by atoms with van der Waals surface area (Å²) in [5.41, 5.74) is 2.76. The van der Waals surface area contributed by atoms with Crippen LogP contribution in [0.5, 0.6) is 0 Å². The number of nitrogens with zero attached hydrogens (tertiary/aromatic N) is 3. The lowest BCUT2D eigenvalue weighted by molar-refractivity contribution is 0.0827. The normalized spacial score (nSPS) is 10.6. The van der Waals surface area contributed by atoms with Gasteiger partial charge in [-0.15, -0.1) is 0 Å². The monoisotopic (exact) mass is 320 g/mol. The first-order valence-corrected chi connectivity index (χ1v) is 7.89. The highest BCUT2D eigenvalue weighted by Gasteiger charge is 2.08. The second kappa shape index (κ2) is 7.08. The fourth-order valence-electron chi connectivity index (χ4n) is 2.59. The number of hydrogen-bond acceptors (Lipinski definition) is 4. The highest BCUT2D eigenvalue weighted by atomic mass is 16.2. The van der Waals surface area contributed by atoms with Gasteiger partial charge in [0.05, 0.1) is 5.52 Å². The molecule has 0 saturated heterocycles. The van der Waals surface area contributed by atoms with Crippen LogP contribution in [-0.4, -0.2) is 41.4 Å². The molecule has 5 heteroatoms. The molecule has 0 aliphatic heterocycles. The number of carbonyl (C=O) groups is 1. The zero-order valence-corrected chi connectivity index (χ0v) is 13.9. The van der Waals surface area contributed by atoms with Crippen LogP contribution in [0.15, 0.2) is 54.9 Å². The van der Waals surface area contributed by atoms with Crippen molar-refractivity contribution >= 4 is 22.6 Å². The molecular formula is C19H20N4O. The van der Waals surface area contributed by atoms with Crippen molar-refractivity contribution in [3.8, 4) is 0 Å². The Morgan fingerprint density at radius 1 is 1.08 bits per heavy atom. The summed E-state index contributed by atoms with van der Waals surface area (Å²) >= 11 is 0. The van der Waals surface area contributed by atoms with Crippen molar-refractivity contribution < 1.29 is 4.79 Å². The van der Waals surface area contributed by atoms with Gasteiger partial charge in [-0.05, 0) is 36.2 Å². The lowest BCUT2D eigenvalue weighted by Gasteiger charge is -2.12. The van der Waals surface area contributed by atoms with Crippen LogP contribution in [0, 0.1) is 0 Å². The van der Waals surface area contributed by atoms with Gasteiger partial charge < -0.3 is 10.2 Å². The number of para-hydroxylation sites is 1. The quantitative estimate of drug-likeness (QED) is 0.785. The van der Waals surface area contributed by atoms with E-state index in [2.05, 4.69) is 15.3 Å². The molecule has 24 heavy (non-hydrogen) atoms. The molecule has 1 heterocycles. The number of amides is 1. The number of carbonyl (C=O) groups excluding carboxylic acids is 1. The van der Waals surface area contributed by atoms with Gasteiger partial charge in [0.15, 0.2) is 0 Å². The van der Waals surface area contributed by atoms with Crippen LogP contribution in [0.25, 0.3) is 10.9 Å². The molecule has 0 spiro atoms. The molecule has 3 rings (SSSR count). The molecule has 0 saturated carbocycles. The molecule has 1 amide bonds. The molecular weight excluding hydrogens is 300 g/mol. The van der Waals surface area contributed by atoms with Crippen LogP contribution in [0.4, 0.5) is 5.82 Å². The van der Waals surface area contributed by atoms with Crippen molar-refractivity contribution in [1.29, 1.82) is 0 Å². The minimum atomic E-state index is 0.0200. The highest BCUT2D eigenvalue weighted by molar-refractivity contribution is 5.94. The van der Waals surface area contributed by atoms with E-state index < -0.39 is 0 Å². The first kappa shape index (κ1) is 15.9. The van der Waals surface area contributed by atoms with E-state index in [1.807, 2.05) is 48.5 Å². The average molecular weight is 320 g/mol. The zero-order chi connectivity index (χ0) is 16.9. The van der Waals surface area contributed by atoms with E-state index in [4.69, 9.17) is 0 Å². The van der Waals surface area contributed by atoms with Crippen LogP contribution in [-0.2, 0) is 6.42 Å². The minimum Gasteiger partial charge on any atom is -0.369 e. The number of hydrogen-bond donors (Lipinski definition) is 1. The molecule has 0 fully saturated rings. The third-order valence-electron chi connectivity index (χ3n) is 3.83. The van der Waals surface area contributed by atoms with E-state index in [0.29, 0.717) is 5.56 Å². The van der Waals surface area contributed by atoms with Crippen molar-refractivity contribution in [2.75, 3.05) is 26.0 Å². The van der Waals surface area contributed by atoms with Gasteiger partial charge in [0.25, 0.3) is 5.91 Å².